The number of rotatable bonds is 6. The molecule has 2 aromatic rings. The topological polar surface area (TPSA) is 43.9 Å². The molecule has 6 unspecified atom stereocenters. The number of carbonyl (C=O) groups excluding carboxylic acids is 2. The Morgan fingerprint density at radius 3 is 1.68 bits per heavy atom. The number of imide groups is 1. The van der Waals surface area contributed by atoms with E-state index in [1.165, 1.54) is 30.7 Å². The third-order valence-corrected chi connectivity index (χ3v) is 9.54. The number of halogens is 2. The molecule has 8 rings (SSSR count). The quantitative estimate of drug-likeness (QED) is 0.445. The summed E-state index contributed by atoms with van der Waals surface area (Å²) in [6, 6.07) is 13.0. The molecule has 6 aliphatic rings. The van der Waals surface area contributed by atoms with Crippen molar-refractivity contribution in [2.75, 3.05) is 39.3 Å². The molecule has 0 aromatic heterocycles. The zero-order valence-electron chi connectivity index (χ0n) is 20.7. The van der Waals surface area contributed by atoms with Crippen LogP contribution in [0.2, 0.25) is 0 Å². The number of likely N-dealkylation sites (tertiary alicyclic amines) is 1. The van der Waals surface area contributed by atoms with Crippen molar-refractivity contribution in [3.05, 3.63) is 83.4 Å². The Labute approximate surface area is 215 Å². The molecule has 0 spiro atoms. The van der Waals surface area contributed by atoms with Gasteiger partial charge in [-0.2, -0.15) is 0 Å². The van der Waals surface area contributed by atoms with Gasteiger partial charge in [0.2, 0.25) is 11.8 Å². The molecular weight excluding hydrogens is 472 g/mol. The summed E-state index contributed by atoms with van der Waals surface area (Å²) in [4.78, 5) is 32.8. The first kappa shape index (κ1) is 23.2. The van der Waals surface area contributed by atoms with E-state index in [0.29, 0.717) is 24.9 Å². The van der Waals surface area contributed by atoms with Gasteiger partial charge in [0.15, 0.2) is 0 Å². The van der Waals surface area contributed by atoms with Gasteiger partial charge < -0.3 is 0 Å². The largest absolute Gasteiger partial charge is 0.299 e. The van der Waals surface area contributed by atoms with E-state index in [9.17, 15) is 18.4 Å². The van der Waals surface area contributed by atoms with Crippen LogP contribution in [-0.2, 0) is 9.59 Å². The van der Waals surface area contributed by atoms with Gasteiger partial charge in [0, 0.05) is 39.3 Å². The minimum Gasteiger partial charge on any atom is -0.299 e. The molecule has 5 nitrogen and oxygen atoms in total. The van der Waals surface area contributed by atoms with Gasteiger partial charge in [-0.05, 0) is 65.5 Å². The molecule has 2 aromatic carbocycles. The lowest BCUT2D eigenvalue weighted by Gasteiger charge is -2.40. The van der Waals surface area contributed by atoms with Gasteiger partial charge in [0.25, 0.3) is 0 Å². The van der Waals surface area contributed by atoms with Gasteiger partial charge >= 0.3 is 0 Å². The minimum atomic E-state index is -0.280. The van der Waals surface area contributed by atoms with Gasteiger partial charge in [-0.3, -0.25) is 24.3 Å². The molecule has 2 amide bonds. The van der Waals surface area contributed by atoms with Crippen LogP contribution in [0.1, 0.15) is 23.6 Å². The van der Waals surface area contributed by atoms with Crippen LogP contribution >= 0.6 is 0 Å². The predicted octanol–water partition coefficient (Wildman–Crippen LogP) is 3.72. The molecule has 4 aliphatic carbocycles. The fourth-order valence-corrected chi connectivity index (χ4v) is 7.63. The summed E-state index contributed by atoms with van der Waals surface area (Å²) >= 11 is 0. The maximum absolute atomic E-state index is 13.6. The fraction of sp³-hybridized carbons (Fsp3) is 0.467. The van der Waals surface area contributed by atoms with Crippen LogP contribution in [0, 0.1) is 47.1 Å². The summed E-state index contributed by atoms with van der Waals surface area (Å²) in [5.74, 6) is 1.05. The number of allylic oxidation sites excluding steroid dienone is 2. The van der Waals surface area contributed by atoms with Gasteiger partial charge in [0.1, 0.15) is 11.6 Å². The highest BCUT2D eigenvalue weighted by molar-refractivity contribution is 6.06. The van der Waals surface area contributed by atoms with Crippen molar-refractivity contribution in [3.8, 4) is 0 Å². The van der Waals surface area contributed by atoms with Crippen molar-refractivity contribution in [2.45, 2.75) is 12.5 Å². The Kier molecular flexibility index (Phi) is 5.55. The van der Waals surface area contributed by atoms with Gasteiger partial charge in [-0.15, -0.1) is 0 Å². The lowest BCUT2D eigenvalue weighted by molar-refractivity contribution is -0.140. The smallest absolute Gasteiger partial charge is 0.233 e. The van der Waals surface area contributed by atoms with Crippen LogP contribution in [0.5, 0.6) is 0 Å². The summed E-state index contributed by atoms with van der Waals surface area (Å²) in [6.07, 6.45) is 5.61. The second kappa shape index (κ2) is 8.84. The highest BCUT2D eigenvalue weighted by atomic mass is 19.1. The monoisotopic (exact) mass is 503 g/mol. The molecule has 6 atom stereocenters. The number of benzene rings is 2. The minimum absolute atomic E-state index is 0.0472. The lowest BCUT2D eigenvalue weighted by atomic mass is 9.63. The second-order valence-electron chi connectivity index (χ2n) is 11.4. The number of nitrogens with zero attached hydrogens (tertiary/aromatic N) is 3. The Balaban J connectivity index is 1.00. The molecule has 7 heteroatoms. The lowest BCUT2D eigenvalue weighted by Crippen LogP contribution is -2.50. The van der Waals surface area contributed by atoms with E-state index in [-0.39, 0.29) is 53.2 Å². The van der Waals surface area contributed by atoms with Gasteiger partial charge in [-0.1, -0.05) is 36.4 Å². The third-order valence-electron chi connectivity index (χ3n) is 9.54. The van der Waals surface area contributed by atoms with Crippen molar-refractivity contribution < 1.29 is 18.4 Å². The SMILES string of the molecule is O=C1C2C3C=CC(C4CC34)C2C(=O)N1CCN1CCN(C(c2ccc(F)cc2)c2ccc(F)cc2)CC1. The van der Waals surface area contributed by atoms with Crippen molar-refractivity contribution in [3.63, 3.8) is 0 Å². The fourth-order valence-electron chi connectivity index (χ4n) is 7.63. The number of carbonyl (C=O) groups is 2. The van der Waals surface area contributed by atoms with E-state index in [1.54, 1.807) is 29.2 Å². The normalized spacial score (nSPS) is 32.8. The standard InChI is InChI=1S/C30H31F2N3O2/c31-20-5-1-18(2-6-20)28(19-3-7-21(32)8-4-19)34-14-11-33(12-15-34)13-16-35-29(36)26-22-9-10-23(25-17-24(22)25)27(26)30(35)37/h1-10,22-28H,11-17H2. The predicted molar refractivity (Wildman–Crippen MR) is 134 cm³/mol. The Morgan fingerprint density at radius 2 is 1.19 bits per heavy atom. The maximum atomic E-state index is 13.6. The third kappa shape index (κ3) is 3.86. The van der Waals surface area contributed by atoms with E-state index >= 15 is 0 Å². The molecule has 2 saturated carbocycles. The van der Waals surface area contributed by atoms with Crippen LogP contribution < -0.4 is 0 Å². The van der Waals surface area contributed by atoms with E-state index < -0.39 is 0 Å². The Bertz CT molecular complexity index is 1160. The zero-order valence-corrected chi connectivity index (χ0v) is 20.7. The van der Waals surface area contributed by atoms with Crippen LogP contribution in [0.25, 0.3) is 0 Å². The van der Waals surface area contributed by atoms with Crippen molar-refractivity contribution >= 4 is 11.8 Å². The molecule has 2 heterocycles. The van der Waals surface area contributed by atoms with E-state index in [4.69, 9.17) is 0 Å². The van der Waals surface area contributed by atoms with E-state index in [0.717, 1.165) is 37.3 Å². The summed E-state index contributed by atoms with van der Waals surface area (Å²) in [7, 11) is 0. The van der Waals surface area contributed by atoms with Crippen molar-refractivity contribution in [1.82, 2.24) is 14.7 Å². The van der Waals surface area contributed by atoms with Crippen molar-refractivity contribution in [2.24, 2.45) is 35.5 Å². The molecule has 2 bridgehead atoms. The van der Waals surface area contributed by atoms with E-state index in [1.807, 2.05) is 0 Å². The average molecular weight is 504 g/mol. The first-order valence-corrected chi connectivity index (χ1v) is 13.5. The zero-order chi connectivity index (χ0) is 25.3. The number of amides is 2. The Morgan fingerprint density at radius 1 is 0.703 bits per heavy atom. The highest BCUT2D eigenvalue weighted by Gasteiger charge is 2.66. The van der Waals surface area contributed by atoms with Gasteiger partial charge in [-0.25, -0.2) is 8.78 Å². The second-order valence-corrected chi connectivity index (χ2v) is 11.4. The maximum Gasteiger partial charge on any atom is 0.233 e. The average Bonchev–Trinajstić information content (AvgIpc) is 3.70. The molecular formula is C30H31F2N3O2. The molecule has 4 fully saturated rings. The van der Waals surface area contributed by atoms with Crippen LogP contribution in [0.4, 0.5) is 8.78 Å². The van der Waals surface area contributed by atoms with Crippen molar-refractivity contribution in [1.29, 1.82) is 0 Å². The number of hydrogen-bond donors (Lipinski definition) is 0. The van der Waals surface area contributed by atoms with Crippen LogP contribution in [0.3, 0.4) is 0 Å². The molecule has 2 saturated heterocycles. The molecule has 0 radical (unpaired) electrons. The summed E-state index contributed by atoms with van der Waals surface area (Å²) in [5, 5.41) is 0. The summed E-state index contributed by atoms with van der Waals surface area (Å²) < 4.78 is 27.2. The molecule has 2 aliphatic heterocycles. The van der Waals surface area contributed by atoms with E-state index in [2.05, 4.69) is 22.0 Å². The summed E-state index contributed by atoms with van der Waals surface area (Å²) in [6.45, 7) is 4.31. The number of piperazine rings is 1. The van der Waals surface area contributed by atoms with Crippen LogP contribution in [0.15, 0.2) is 60.7 Å². The molecule has 192 valence electrons. The molecule has 37 heavy (non-hydrogen) atoms. The van der Waals surface area contributed by atoms with Gasteiger partial charge in [0.05, 0.1) is 17.9 Å². The van der Waals surface area contributed by atoms with Crippen LogP contribution in [-0.4, -0.2) is 65.8 Å². The highest BCUT2D eigenvalue weighted by Crippen LogP contribution is 2.65. The Hall–Kier alpha value is -2.90. The first-order valence-electron chi connectivity index (χ1n) is 13.5. The summed E-state index contributed by atoms with van der Waals surface area (Å²) in [5.41, 5.74) is 1.94. The first-order chi connectivity index (χ1) is 18.0. The molecule has 0 N–H and O–H groups in total. The number of hydrogen-bond acceptors (Lipinski definition) is 4.